The first-order valence-corrected chi connectivity index (χ1v) is 5.13. The van der Waals surface area contributed by atoms with Gasteiger partial charge in [0, 0.05) is 11.6 Å². The molecular formula is C13H15N. The Bertz CT molecular complexity index is 344. The van der Waals surface area contributed by atoms with E-state index in [1.165, 1.54) is 6.42 Å². The van der Waals surface area contributed by atoms with Gasteiger partial charge in [0.2, 0.25) is 0 Å². The lowest BCUT2D eigenvalue weighted by Gasteiger charge is -1.94. The van der Waals surface area contributed by atoms with Crippen molar-refractivity contribution >= 4 is 0 Å². The number of nitrogens with one attached hydrogen (secondary N) is 1. The van der Waals surface area contributed by atoms with Crippen molar-refractivity contribution in [3.8, 4) is 11.8 Å². The van der Waals surface area contributed by atoms with Crippen molar-refractivity contribution in [2.24, 2.45) is 5.92 Å². The molecule has 14 heavy (non-hydrogen) atoms. The molecule has 1 fully saturated rings. The maximum atomic E-state index is 3.40. The van der Waals surface area contributed by atoms with Crippen LogP contribution >= 0.6 is 0 Å². The van der Waals surface area contributed by atoms with Gasteiger partial charge < -0.3 is 5.32 Å². The highest BCUT2D eigenvalue weighted by molar-refractivity contribution is 5.33. The van der Waals surface area contributed by atoms with Gasteiger partial charge in [-0.1, -0.05) is 37.0 Å². The summed E-state index contributed by atoms with van der Waals surface area (Å²) in [4.78, 5) is 0. The smallest absolute Gasteiger partial charge is 0.0582 e. The van der Waals surface area contributed by atoms with Gasteiger partial charge in [-0.15, -0.1) is 0 Å². The van der Waals surface area contributed by atoms with Crippen LogP contribution in [-0.4, -0.2) is 12.6 Å². The highest BCUT2D eigenvalue weighted by Gasteiger charge is 2.31. The lowest BCUT2D eigenvalue weighted by Crippen LogP contribution is -2.17. The summed E-state index contributed by atoms with van der Waals surface area (Å²) in [5.41, 5.74) is 1.10. The summed E-state index contributed by atoms with van der Waals surface area (Å²) < 4.78 is 0. The summed E-state index contributed by atoms with van der Waals surface area (Å²) >= 11 is 0. The van der Waals surface area contributed by atoms with Crippen LogP contribution in [0.4, 0.5) is 0 Å². The molecule has 0 aromatic heterocycles. The van der Waals surface area contributed by atoms with E-state index >= 15 is 0 Å². The predicted octanol–water partition coefficient (Wildman–Crippen LogP) is 2.04. The molecule has 1 aliphatic rings. The van der Waals surface area contributed by atoms with E-state index in [0.29, 0.717) is 0 Å². The second-order valence-electron chi connectivity index (χ2n) is 3.87. The van der Waals surface area contributed by atoms with E-state index in [-0.39, 0.29) is 0 Å². The third-order valence-corrected chi connectivity index (χ3v) is 2.57. The molecule has 0 radical (unpaired) electrons. The van der Waals surface area contributed by atoms with Gasteiger partial charge in [-0.2, -0.15) is 0 Å². The molecule has 0 amide bonds. The minimum absolute atomic E-state index is 0.722. The predicted molar refractivity (Wildman–Crippen MR) is 58.9 cm³/mol. The summed E-state index contributed by atoms with van der Waals surface area (Å²) in [7, 11) is 0. The van der Waals surface area contributed by atoms with Crippen LogP contribution in [0.25, 0.3) is 0 Å². The summed E-state index contributed by atoms with van der Waals surface area (Å²) in [6.45, 7) is 3.08. The van der Waals surface area contributed by atoms with Crippen molar-refractivity contribution < 1.29 is 0 Å². The fourth-order valence-electron chi connectivity index (χ4n) is 1.46. The molecule has 0 bridgehead atoms. The molecule has 2 rings (SSSR count). The van der Waals surface area contributed by atoms with Crippen molar-refractivity contribution in [3.05, 3.63) is 35.9 Å². The fourth-order valence-corrected chi connectivity index (χ4v) is 1.46. The molecule has 1 aromatic carbocycles. The molecule has 0 aliphatic heterocycles. The summed E-state index contributed by atoms with van der Waals surface area (Å²) in [6.07, 6.45) is 1.31. The SMILES string of the molecule is CC1CC1NCC#Cc1ccccc1. The fraction of sp³-hybridized carbons (Fsp3) is 0.385. The molecule has 1 aliphatic carbocycles. The first-order valence-electron chi connectivity index (χ1n) is 5.13. The zero-order valence-electron chi connectivity index (χ0n) is 8.46. The Labute approximate surface area is 85.5 Å². The van der Waals surface area contributed by atoms with Gasteiger partial charge in [0.05, 0.1) is 6.54 Å². The summed E-state index contributed by atoms with van der Waals surface area (Å²) in [5, 5.41) is 3.40. The number of benzene rings is 1. The van der Waals surface area contributed by atoms with Crippen LogP contribution in [0.1, 0.15) is 18.9 Å². The third-order valence-electron chi connectivity index (χ3n) is 2.57. The van der Waals surface area contributed by atoms with Crippen molar-refractivity contribution in [2.45, 2.75) is 19.4 Å². The molecule has 1 aromatic rings. The zero-order chi connectivity index (χ0) is 9.80. The molecule has 2 atom stereocenters. The topological polar surface area (TPSA) is 12.0 Å². The van der Waals surface area contributed by atoms with Gasteiger partial charge in [-0.05, 0) is 24.5 Å². The van der Waals surface area contributed by atoms with E-state index in [4.69, 9.17) is 0 Å². The normalized spacial score (nSPS) is 23.8. The largest absolute Gasteiger partial charge is 0.303 e. The van der Waals surface area contributed by atoms with Crippen LogP contribution in [-0.2, 0) is 0 Å². The molecule has 0 saturated heterocycles. The van der Waals surface area contributed by atoms with Gasteiger partial charge in [-0.3, -0.25) is 0 Å². The van der Waals surface area contributed by atoms with Gasteiger partial charge in [0.25, 0.3) is 0 Å². The maximum absolute atomic E-state index is 3.40. The Hall–Kier alpha value is -1.26. The molecule has 2 unspecified atom stereocenters. The van der Waals surface area contributed by atoms with E-state index in [2.05, 4.69) is 24.1 Å². The standard InChI is InChI=1S/C13H15N/c1-11-10-13(11)14-9-5-8-12-6-3-2-4-7-12/h2-4,6-7,11,13-14H,9-10H2,1H3. The van der Waals surface area contributed by atoms with Crippen molar-refractivity contribution in [3.63, 3.8) is 0 Å². The van der Waals surface area contributed by atoms with Crippen LogP contribution in [0.15, 0.2) is 30.3 Å². The van der Waals surface area contributed by atoms with E-state index in [1.54, 1.807) is 0 Å². The van der Waals surface area contributed by atoms with Crippen LogP contribution in [0.2, 0.25) is 0 Å². The minimum Gasteiger partial charge on any atom is -0.303 e. The summed E-state index contributed by atoms with van der Waals surface area (Å²) in [6, 6.07) is 10.8. The molecule has 1 N–H and O–H groups in total. The van der Waals surface area contributed by atoms with Crippen molar-refractivity contribution in [1.29, 1.82) is 0 Å². The maximum Gasteiger partial charge on any atom is 0.0582 e. The highest BCUT2D eigenvalue weighted by Crippen LogP contribution is 2.28. The Morgan fingerprint density at radius 3 is 2.71 bits per heavy atom. The van der Waals surface area contributed by atoms with Gasteiger partial charge in [-0.25, -0.2) is 0 Å². The van der Waals surface area contributed by atoms with Crippen LogP contribution in [0, 0.1) is 17.8 Å². The second kappa shape index (κ2) is 4.30. The molecular weight excluding hydrogens is 170 g/mol. The second-order valence-corrected chi connectivity index (χ2v) is 3.87. The monoisotopic (exact) mass is 185 g/mol. The molecule has 1 heteroatoms. The molecule has 0 spiro atoms. The first kappa shape index (κ1) is 9.30. The number of rotatable bonds is 2. The van der Waals surface area contributed by atoms with E-state index in [9.17, 15) is 0 Å². The zero-order valence-corrected chi connectivity index (χ0v) is 8.46. The van der Waals surface area contributed by atoms with E-state index in [1.807, 2.05) is 30.3 Å². The van der Waals surface area contributed by atoms with Gasteiger partial charge in [0.1, 0.15) is 0 Å². The van der Waals surface area contributed by atoms with E-state index < -0.39 is 0 Å². The average Bonchev–Trinajstić information content (AvgIpc) is 2.91. The Morgan fingerprint density at radius 2 is 2.07 bits per heavy atom. The first-order chi connectivity index (χ1) is 6.86. The summed E-state index contributed by atoms with van der Waals surface area (Å²) in [5.74, 6) is 7.12. The molecule has 0 heterocycles. The average molecular weight is 185 g/mol. The van der Waals surface area contributed by atoms with Gasteiger partial charge >= 0.3 is 0 Å². The molecule has 1 nitrogen and oxygen atoms in total. The van der Waals surface area contributed by atoms with Crippen LogP contribution in [0.5, 0.6) is 0 Å². The minimum atomic E-state index is 0.722. The van der Waals surface area contributed by atoms with Crippen LogP contribution < -0.4 is 5.32 Å². The molecule has 1 saturated carbocycles. The third kappa shape index (κ3) is 2.61. The quantitative estimate of drug-likeness (QED) is 0.695. The number of hydrogen-bond acceptors (Lipinski definition) is 1. The van der Waals surface area contributed by atoms with Crippen molar-refractivity contribution in [1.82, 2.24) is 5.32 Å². The van der Waals surface area contributed by atoms with Crippen molar-refractivity contribution in [2.75, 3.05) is 6.54 Å². The molecule has 72 valence electrons. The Kier molecular flexibility index (Phi) is 2.86. The van der Waals surface area contributed by atoms with Gasteiger partial charge in [0.15, 0.2) is 0 Å². The van der Waals surface area contributed by atoms with E-state index in [0.717, 1.165) is 24.1 Å². The highest BCUT2D eigenvalue weighted by atomic mass is 15.0. The Morgan fingerprint density at radius 1 is 1.36 bits per heavy atom. The number of hydrogen-bond donors (Lipinski definition) is 1. The lowest BCUT2D eigenvalue weighted by atomic mass is 10.2. The Balaban J connectivity index is 1.77. The lowest BCUT2D eigenvalue weighted by molar-refractivity contribution is 0.712. The van der Waals surface area contributed by atoms with Crippen LogP contribution in [0.3, 0.4) is 0 Å².